The van der Waals surface area contributed by atoms with Crippen LogP contribution in [0.15, 0.2) is 52.1 Å². The number of para-hydroxylation sites is 1. The van der Waals surface area contributed by atoms with Crippen molar-refractivity contribution >= 4 is 40.8 Å². The molecule has 0 aliphatic carbocycles. The zero-order valence-electron chi connectivity index (χ0n) is 15.7. The molecule has 0 amide bonds. The number of aromatic nitrogens is 1. The second-order valence-electron chi connectivity index (χ2n) is 6.20. The average Bonchev–Trinajstić information content (AvgIpc) is 3.28. The molecule has 6 nitrogen and oxygen atoms in total. The summed E-state index contributed by atoms with van der Waals surface area (Å²) in [5.41, 5.74) is 3.69. The van der Waals surface area contributed by atoms with Crippen molar-refractivity contribution in [1.29, 1.82) is 0 Å². The molecule has 0 spiro atoms. The van der Waals surface area contributed by atoms with Crippen molar-refractivity contribution in [2.24, 2.45) is 4.99 Å². The second-order valence-corrected chi connectivity index (χ2v) is 6.20. The standard InChI is InChI=1S/C20H26N4O2.HI/c1-3-21-20(23-13-18(25)19-9-6-12-26-19)22-11-10-15-14(2)24-17-8-5-4-7-16(15)17;/h4-9,12,18,24-25H,3,10-11,13H2,1-2H3,(H2,21,22,23);1H. The van der Waals surface area contributed by atoms with Crippen LogP contribution >= 0.6 is 24.0 Å². The summed E-state index contributed by atoms with van der Waals surface area (Å²) in [5.74, 6) is 1.22. The molecule has 7 heteroatoms. The van der Waals surface area contributed by atoms with Gasteiger partial charge in [0.25, 0.3) is 0 Å². The van der Waals surface area contributed by atoms with Crippen LogP contribution < -0.4 is 10.6 Å². The van der Waals surface area contributed by atoms with Gasteiger partial charge in [-0.15, -0.1) is 24.0 Å². The van der Waals surface area contributed by atoms with Crippen LogP contribution in [0.1, 0.15) is 30.0 Å². The quantitative estimate of drug-likeness (QED) is 0.236. The Balaban J connectivity index is 0.00000261. The number of nitrogens with zero attached hydrogens (tertiary/aromatic N) is 1. The van der Waals surface area contributed by atoms with Gasteiger partial charge in [0.05, 0.1) is 12.8 Å². The van der Waals surface area contributed by atoms with E-state index in [1.807, 2.05) is 13.0 Å². The summed E-state index contributed by atoms with van der Waals surface area (Å²) in [6, 6.07) is 11.9. The highest BCUT2D eigenvalue weighted by atomic mass is 127. The van der Waals surface area contributed by atoms with Gasteiger partial charge in [0.1, 0.15) is 11.9 Å². The van der Waals surface area contributed by atoms with Crippen LogP contribution in [0.25, 0.3) is 10.9 Å². The third kappa shape index (κ3) is 5.49. The number of aryl methyl sites for hydroxylation is 1. The van der Waals surface area contributed by atoms with Gasteiger partial charge in [-0.2, -0.15) is 0 Å². The number of guanidine groups is 1. The molecular formula is C20H27IN4O2. The number of aliphatic hydroxyl groups excluding tert-OH is 1. The fraction of sp³-hybridized carbons (Fsp3) is 0.350. The number of hydrogen-bond acceptors (Lipinski definition) is 3. The maximum atomic E-state index is 10.1. The van der Waals surface area contributed by atoms with Crippen LogP contribution in [0.2, 0.25) is 0 Å². The summed E-state index contributed by atoms with van der Waals surface area (Å²) in [6.07, 6.45) is 1.70. The van der Waals surface area contributed by atoms with E-state index in [9.17, 15) is 5.11 Å². The van der Waals surface area contributed by atoms with Crippen LogP contribution in [0.3, 0.4) is 0 Å². The lowest BCUT2D eigenvalue weighted by atomic mass is 10.1. The molecule has 1 aromatic carbocycles. The van der Waals surface area contributed by atoms with E-state index in [0.29, 0.717) is 11.7 Å². The summed E-state index contributed by atoms with van der Waals surface area (Å²) < 4.78 is 5.21. The summed E-state index contributed by atoms with van der Waals surface area (Å²) in [5, 5.41) is 17.9. The molecule has 2 heterocycles. The number of aliphatic imine (C=N–C) groups is 1. The van der Waals surface area contributed by atoms with Gasteiger partial charge in [0, 0.05) is 29.7 Å². The molecule has 27 heavy (non-hydrogen) atoms. The zero-order chi connectivity index (χ0) is 18.4. The van der Waals surface area contributed by atoms with Crippen molar-refractivity contribution in [3.05, 3.63) is 59.7 Å². The Kier molecular flexibility index (Phi) is 8.18. The van der Waals surface area contributed by atoms with Crippen LogP contribution in [0.5, 0.6) is 0 Å². The molecule has 0 fully saturated rings. The smallest absolute Gasteiger partial charge is 0.191 e. The van der Waals surface area contributed by atoms with Crippen LogP contribution in [0.4, 0.5) is 0 Å². The third-order valence-electron chi connectivity index (χ3n) is 4.33. The van der Waals surface area contributed by atoms with E-state index >= 15 is 0 Å². The predicted octanol–water partition coefficient (Wildman–Crippen LogP) is 3.52. The van der Waals surface area contributed by atoms with E-state index in [0.717, 1.165) is 19.5 Å². The van der Waals surface area contributed by atoms with E-state index in [2.05, 4.69) is 45.7 Å². The Morgan fingerprint density at radius 3 is 2.78 bits per heavy atom. The first-order valence-electron chi connectivity index (χ1n) is 8.99. The average molecular weight is 482 g/mol. The molecule has 0 aliphatic rings. The molecule has 4 N–H and O–H groups in total. The van der Waals surface area contributed by atoms with Gasteiger partial charge in [0.15, 0.2) is 5.96 Å². The van der Waals surface area contributed by atoms with Crippen LogP contribution in [-0.4, -0.2) is 35.7 Å². The molecule has 0 aliphatic heterocycles. The summed E-state index contributed by atoms with van der Waals surface area (Å²) in [6.45, 7) is 5.88. The topological polar surface area (TPSA) is 85.6 Å². The summed E-state index contributed by atoms with van der Waals surface area (Å²) >= 11 is 0. The minimum atomic E-state index is -0.740. The third-order valence-corrected chi connectivity index (χ3v) is 4.33. The molecule has 1 atom stereocenters. The maximum absolute atomic E-state index is 10.1. The predicted molar refractivity (Wildman–Crippen MR) is 120 cm³/mol. The van der Waals surface area contributed by atoms with Crippen molar-refractivity contribution in [2.45, 2.75) is 26.4 Å². The van der Waals surface area contributed by atoms with E-state index in [4.69, 9.17) is 4.42 Å². The Labute approximate surface area is 176 Å². The van der Waals surface area contributed by atoms with Crippen LogP contribution in [0, 0.1) is 6.92 Å². The fourth-order valence-corrected chi connectivity index (χ4v) is 3.05. The minimum Gasteiger partial charge on any atom is -0.467 e. The van der Waals surface area contributed by atoms with Gasteiger partial charge in [-0.3, -0.25) is 4.99 Å². The van der Waals surface area contributed by atoms with Crippen molar-refractivity contribution in [2.75, 3.05) is 19.6 Å². The molecule has 3 rings (SSSR count). The maximum Gasteiger partial charge on any atom is 0.191 e. The Hall–Kier alpha value is -2.00. The number of aromatic amines is 1. The van der Waals surface area contributed by atoms with E-state index < -0.39 is 6.10 Å². The van der Waals surface area contributed by atoms with E-state index in [1.54, 1.807) is 18.4 Å². The molecule has 0 saturated carbocycles. The van der Waals surface area contributed by atoms with Crippen molar-refractivity contribution < 1.29 is 9.52 Å². The number of nitrogens with one attached hydrogen (secondary N) is 3. The molecule has 2 aromatic heterocycles. The molecule has 146 valence electrons. The normalized spacial score (nSPS) is 12.6. The largest absolute Gasteiger partial charge is 0.467 e. The first kappa shape index (κ1) is 21.3. The van der Waals surface area contributed by atoms with Gasteiger partial charge >= 0.3 is 0 Å². The molecule has 3 aromatic rings. The summed E-state index contributed by atoms with van der Waals surface area (Å²) in [7, 11) is 0. The van der Waals surface area contributed by atoms with E-state index in [1.165, 1.54) is 22.2 Å². The molecule has 0 saturated heterocycles. The monoisotopic (exact) mass is 482 g/mol. The number of aliphatic hydroxyl groups is 1. The number of halogens is 1. The number of fused-ring (bicyclic) bond motifs is 1. The molecule has 0 bridgehead atoms. The molecule has 1 unspecified atom stereocenters. The van der Waals surface area contributed by atoms with Gasteiger partial charge in [0.2, 0.25) is 0 Å². The first-order valence-corrected chi connectivity index (χ1v) is 8.99. The van der Waals surface area contributed by atoms with E-state index in [-0.39, 0.29) is 30.5 Å². The number of furan rings is 1. The first-order chi connectivity index (χ1) is 12.7. The lowest BCUT2D eigenvalue weighted by Crippen LogP contribution is -2.38. The van der Waals surface area contributed by atoms with Gasteiger partial charge in [-0.25, -0.2) is 0 Å². The van der Waals surface area contributed by atoms with Crippen molar-refractivity contribution in [3.8, 4) is 0 Å². The number of hydrogen-bond donors (Lipinski definition) is 4. The Morgan fingerprint density at radius 1 is 1.22 bits per heavy atom. The SMILES string of the molecule is CCNC(=NCC(O)c1ccco1)NCCc1c(C)[nH]c2ccccc12.I. The highest BCUT2D eigenvalue weighted by molar-refractivity contribution is 14.0. The number of benzene rings is 1. The lowest BCUT2D eigenvalue weighted by Gasteiger charge is -2.12. The second kappa shape index (κ2) is 10.4. The van der Waals surface area contributed by atoms with Gasteiger partial charge in [-0.05, 0) is 44.0 Å². The molecule has 0 radical (unpaired) electrons. The van der Waals surface area contributed by atoms with Gasteiger partial charge in [-0.1, -0.05) is 18.2 Å². The Morgan fingerprint density at radius 2 is 2.04 bits per heavy atom. The summed E-state index contributed by atoms with van der Waals surface area (Å²) in [4.78, 5) is 7.88. The van der Waals surface area contributed by atoms with Gasteiger partial charge < -0.3 is 25.1 Å². The van der Waals surface area contributed by atoms with Crippen molar-refractivity contribution in [3.63, 3.8) is 0 Å². The minimum absolute atomic E-state index is 0. The molecular weight excluding hydrogens is 455 g/mol. The Bertz CT molecular complexity index is 858. The van der Waals surface area contributed by atoms with Crippen LogP contribution in [-0.2, 0) is 6.42 Å². The highest BCUT2D eigenvalue weighted by Crippen LogP contribution is 2.21. The zero-order valence-corrected chi connectivity index (χ0v) is 18.0. The lowest BCUT2D eigenvalue weighted by molar-refractivity contribution is 0.158. The highest BCUT2D eigenvalue weighted by Gasteiger charge is 2.11. The number of H-pyrrole nitrogens is 1. The number of rotatable bonds is 7. The van der Waals surface area contributed by atoms with Crippen molar-refractivity contribution in [1.82, 2.24) is 15.6 Å². The fourth-order valence-electron chi connectivity index (χ4n) is 3.05.